The highest BCUT2D eigenvalue weighted by atomic mass is 19.1. The van der Waals surface area contributed by atoms with Crippen LogP contribution >= 0.6 is 0 Å². The van der Waals surface area contributed by atoms with Crippen LogP contribution in [0.25, 0.3) is 27.0 Å². The highest BCUT2D eigenvalue weighted by molar-refractivity contribution is 5.79. The number of fused-ring (bicyclic) bond motifs is 3. The fourth-order valence-corrected chi connectivity index (χ4v) is 2.34. The summed E-state index contributed by atoms with van der Waals surface area (Å²) in [6.45, 7) is 0.351. The van der Waals surface area contributed by atoms with E-state index in [0.29, 0.717) is 11.0 Å². The molecule has 2 heterocycles. The van der Waals surface area contributed by atoms with E-state index < -0.39 is 5.82 Å². The van der Waals surface area contributed by atoms with Crippen LogP contribution < -0.4 is 5.56 Å². The van der Waals surface area contributed by atoms with Crippen molar-refractivity contribution >= 4 is 16.6 Å². The summed E-state index contributed by atoms with van der Waals surface area (Å²) < 4.78 is 16.6. The molecule has 20 heavy (non-hydrogen) atoms. The van der Waals surface area contributed by atoms with Gasteiger partial charge < -0.3 is 8.97 Å². The second-order valence-corrected chi connectivity index (χ2v) is 4.31. The molecule has 1 aromatic carbocycles. The third kappa shape index (κ3) is 1.81. The Labute approximate surface area is 112 Å². The van der Waals surface area contributed by atoms with Crippen molar-refractivity contribution in [3.05, 3.63) is 63.1 Å². The van der Waals surface area contributed by atoms with Gasteiger partial charge in [-0.25, -0.2) is 4.39 Å². The van der Waals surface area contributed by atoms with Crippen LogP contribution in [-0.2, 0) is 6.54 Å². The molecule has 100 valence electrons. The minimum absolute atomic E-state index is 0.138. The van der Waals surface area contributed by atoms with Gasteiger partial charge in [0, 0.05) is 24.2 Å². The van der Waals surface area contributed by atoms with Crippen molar-refractivity contribution in [1.82, 2.24) is 8.97 Å². The molecule has 0 aliphatic rings. The van der Waals surface area contributed by atoms with Crippen molar-refractivity contribution in [2.24, 2.45) is 5.11 Å². The highest BCUT2D eigenvalue weighted by Gasteiger charge is 2.10. The minimum Gasteiger partial charge on any atom is -0.310 e. The van der Waals surface area contributed by atoms with Gasteiger partial charge >= 0.3 is 0 Å². The number of aromatic nitrogens is 2. The molecule has 0 amide bonds. The summed E-state index contributed by atoms with van der Waals surface area (Å²) in [6.07, 6.45) is 1.76. The van der Waals surface area contributed by atoms with Crippen molar-refractivity contribution in [2.75, 3.05) is 6.54 Å². The molecule has 0 atom stereocenters. The van der Waals surface area contributed by atoms with Gasteiger partial charge in [-0.1, -0.05) is 5.11 Å². The Kier molecular flexibility index (Phi) is 2.89. The van der Waals surface area contributed by atoms with Gasteiger partial charge in [0.2, 0.25) is 0 Å². The van der Waals surface area contributed by atoms with Gasteiger partial charge in [0.1, 0.15) is 11.3 Å². The summed E-state index contributed by atoms with van der Waals surface area (Å²) in [5.74, 6) is -0.416. The van der Waals surface area contributed by atoms with Gasteiger partial charge in [0.15, 0.2) is 0 Å². The van der Waals surface area contributed by atoms with Gasteiger partial charge in [0.05, 0.1) is 11.0 Å². The van der Waals surface area contributed by atoms with Gasteiger partial charge in [-0.2, -0.15) is 0 Å². The molecule has 0 saturated heterocycles. The number of azide groups is 1. The van der Waals surface area contributed by atoms with Crippen LogP contribution in [0.3, 0.4) is 0 Å². The molecule has 0 aliphatic carbocycles. The lowest BCUT2D eigenvalue weighted by molar-refractivity contribution is 0.626. The Bertz CT molecular complexity index is 904. The van der Waals surface area contributed by atoms with E-state index in [1.54, 1.807) is 28.8 Å². The highest BCUT2D eigenvalue weighted by Crippen LogP contribution is 2.16. The number of hydrogen-bond acceptors (Lipinski definition) is 2. The zero-order valence-corrected chi connectivity index (χ0v) is 10.4. The maximum Gasteiger partial charge on any atom is 0.275 e. The normalized spacial score (nSPS) is 10.8. The zero-order valence-electron chi connectivity index (χ0n) is 10.4. The van der Waals surface area contributed by atoms with Crippen LogP contribution in [0.1, 0.15) is 0 Å². The third-order valence-electron chi connectivity index (χ3n) is 3.19. The first-order chi connectivity index (χ1) is 9.72. The molecule has 2 aromatic heterocycles. The SMILES string of the molecule is [N-]=[N+]=NCCn1c(=O)c2cccn2c2ccc(F)cc21. The first-order valence-electron chi connectivity index (χ1n) is 6.02. The summed E-state index contributed by atoms with van der Waals surface area (Å²) >= 11 is 0. The quantitative estimate of drug-likeness (QED) is 0.410. The molecule has 3 aromatic rings. The summed E-state index contributed by atoms with van der Waals surface area (Å²) in [6, 6.07) is 7.75. The molecular formula is C13H10FN5O. The predicted octanol–water partition coefficient (Wildman–Crippen LogP) is 2.70. The van der Waals surface area contributed by atoms with E-state index in [1.807, 2.05) is 0 Å². The molecule has 0 saturated carbocycles. The maximum absolute atomic E-state index is 13.5. The summed E-state index contributed by atoms with van der Waals surface area (Å²) in [7, 11) is 0. The molecule has 0 spiro atoms. The molecular weight excluding hydrogens is 261 g/mol. The Balaban J connectivity index is 2.37. The fraction of sp³-hybridized carbons (Fsp3) is 0.154. The molecule has 0 unspecified atom stereocenters. The Morgan fingerprint density at radius 1 is 1.25 bits per heavy atom. The number of halogens is 1. The molecule has 6 nitrogen and oxygen atoms in total. The number of rotatable bonds is 3. The Morgan fingerprint density at radius 3 is 2.90 bits per heavy atom. The monoisotopic (exact) mass is 271 g/mol. The van der Waals surface area contributed by atoms with Gasteiger partial charge in [0.25, 0.3) is 5.56 Å². The molecule has 7 heteroatoms. The smallest absolute Gasteiger partial charge is 0.275 e. The second kappa shape index (κ2) is 4.71. The summed E-state index contributed by atoms with van der Waals surface area (Å²) in [5, 5.41) is 3.43. The first kappa shape index (κ1) is 12.3. The summed E-state index contributed by atoms with van der Waals surface area (Å²) in [4.78, 5) is 15.1. The minimum atomic E-state index is -0.416. The molecule has 3 rings (SSSR count). The lowest BCUT2D eigenvalue weighted by Crippen LogP contribution is -2.23. The predicted molar refractivity (Wildman–Crippen MR) is 73.1 cm³/mol. The second-order valence-electron chi connectivity index (χ2n) is 4.31. The number of benzene rings is 1. The van der Waals surface area contributed by atoms with Gasteiger partial charge in [-0.15, -0.1) is 0 Å². The number of nitrogens with zero attached hydrogens (tertiary/aromatic N) is 5. The van der Waals surface area contributed by atoms with Crippen LogP contribution in [-0.4, -0.2) is 15.5 Å². The molecule has 0 fully saturated rings. The number of hydrogen-bond donors (Lipinski definition) is 0. The Morgan fingerprint density at radius 2 is 2.10 bits per heavy atom. The summed E-state index contributed by atoms with van der Waals surface area (Å²) in [5.41, 5.74) is 9.79. The van der Waals surface area contributed by atoms with Gasteiger partial charge in [-0.3, -0.25) is 4.79 Å². The molecule has 0 radical (unpaired) electrons. The average Bonchev–Trinajstić information content (AvgIpc) is 2.92. The standard InChI is InChI=1S/C13H10FN5O/c14-9-3-4-10-12(8-9)19(7-5-16-17-15)13(20)11-2-1-6-18(10)11/h1-4,6,8H,5,7H2. The zero-order chi connectivity index (χ0) is 14.1. The van der Waals surface area contributed by atoms with E-state index in [-0.39, 0.29) is 18.6 Å². The molecule has 0 aliphatic heterocycles. The van der Waals surface area contributed by atoms with Gasteiger partial charge in [-0.05, 0) is 35.9 Å². The average molecular weight is 271 g/mol. The lowest BCUT2D eigenvalue weighted by atomic mass is 10.2. The van der Waals surface area contributed by atoms with E-state index in [2.05, 4.69) is 10.0 Å². The molecule has 0 N–H and O–H groups in total. The lowest BCUT2D eigenvalue weighted by Gasteiger charge is -2.11. The largest absolute Gasteiger partial charge is 0.310 e. The van der Waals surface area contributed by atoms with Crippen LogP contribution in [0.15, 0.2) is 46.4 Å². The Hall–Kier alpha value is -2.79. The van der Waals surface area contributed by atoms with Crippen molar-refractivity contribution in [2.45, 2.75) is 6.54 Å². The molecule has 0 bridgehead atoms. The van der Waals surface area contributed by atoms with Crippen molar-refractivity contribution in [3.8, 4) is 0 Å². The van der Waals surface area contributed by atoms with Crippen molar-refractivity contribution < 1.29 is 4.39 Å². The van der Waals surface area contributed by atoms with E-state index >= 15 is 0 Å². The fourth-order valence-electron chi connectivity index (χ4n) is 2.34. The van der Waals surface area contributed by atoms with E-state index in [4.69, 9.17) is 5.53 Å². The van der Waals surface area contributed by atoms with Crippen molar-refractivity contribution in [1.29, 1.82) is 0 Å². The van der Waals surface area contributed by atoms with E-state index in [1.165, 1.54) is 16.7 Å². The third-order valence-corrected chi connectivity index (χ3v) is 3.19. The topological polar surface area (TPSA) is 75.2 Å². The maximum atomic E-state index is 13.5. The van der Waals surface area contributed by atoms with E-state index in [0.717, 1.165) is 5.52 Å². The van der Waals surface area contributed by atoms with Crippen LogP contribution in [0.4, 0.5) is 4.39 Å². The van der Waals surface area contributed by atoms with E-state index in [9.17, 15) is 9.18 Å². The first-order valence-corrected chi connectivity index (χ1v) is 6.02. The van der Waals surface area contributed by atoms with Crippen molar-refractivity contribution in [3.63, 3.8) is 0 Å². The van der Waals surface area contributed by atoms with Crippen LogP contribution in [0, 0.1) is 5.82 Å². The van der Waals surface area contributed by atoms with Crippen LogP contribution in [0.2, 0.25) is 0 Å². The van der Waals surface area contributed by atoms with Crippen LogP contribution in [0.5, 0.6) is 0 Å².